The van der Waals surface area contributed by atoms with Crippen molar-refractivity contribution >= 4 is 27.8 Å². The second-order valence-electron chi connectivity index (χ2n) is 7.08. The molecule has 0 spiro atoms. The van der Waals surface area contributed by atoms with Gasteiger partial charge >= 0.3 is 0 Å². The summed E-state index contributed by atoms with van der Waals surface area (Å²) < 4.78 is 5.91. The normalized spacial score (nSPS) is 12.5. The third-order valence-corrected chi connectivity index (χ3v) is 5.34. The molecule has 4 heteroatoms. The first-order valence-electron chi connectivity index (χ1n) is 9.42. The van der Waals surface area contributed by atoms with Gasteiger partial charge in [-0.2, -0.15) is 0 Å². The number of furan rings is 1. The van der Waals surface area contributed by atoms with Crippen molar-refractivity contribution in [2.45, 2.75) is 32.2 Å². The Hall–Kier alpha value is -3.01. The number of hydrogen-bond acceptors (Lipinski definition) is 2. The molecule has 1 atom stereocenters. The van der Waals surface area contributed by atoms with E-state index in [1.54, 1.807) is 4.90 Å². The molecule has 1 N–H and O–H groups in total. The molecule has 0 saturated carbocycles. The third-order valence-electron chi connectivity index (χ3n) is 5.34. The van der Waals surface area contributed by atoms with Crippen LogP contribution in [-0.2, 0) is 11.2 Å². The summed E-state index contributed by atoms with van der Waals surface area (Å²) in [6.07, 6.45) is 4.30. The highest BCUT2D eigenvalue weighted by molar-refractivity contribution is 5.83. The number of carbonyl (C=O) groups is 1. The number of H-pyrrole nitrogens is 1. The van der Waals surface area contributed by atoms with Gasteiger partial charge in [0.05, 0.1) is 6.04 Å². The summed E-state index contributed by atoms with van der Waals surface area (Å²) in [6, 6.07) is 18.1. The van der Waals surface area contributed by atoms with E-state index >= 15 is 0 Å². The zero-order valence-electron chi connectivity index (χ0n) is 15.7. The summed E-state index contributed by atoms with van der Waals surface area (Å²) in [6.45, 7) is 2.01. The predicted molar refractivity (Wildman–Crippen MR) is 109 cm³/mol. The largest absolute Gasteiger partial charge is 0.459 e. The lowest BCUT2D eigenvalue weighted by atomic mass is 10.1. The zero-order chi connectivity index (χ0) is 18.8. The van der Waals surface area contributed by atoms with Crippen LogP contribution in [0, 0.1) is 0 Å². The second kappa shape index (κ2) is 7.31. The molecule has 4 aromatic rings. The van der Waals surface area contributed by atoms with E-state index in [2.05, 4.69) is 23.3 Å². The van der Waals surface area contributed by atoms with E-state index in [1.807, 2.05) is 56.4 Å². The molecule has 0 bridgehead atoms. The summed E-state index contributed by atoms with van der Waals surface area (Å²) in [4.78, 5) is 17.7. The van der Waals surface area contributed by atoms with Gasteiger partial charge in [-0.25, -0.2) is 0 Å². The van der Waals surface area contributed by atoms with Crippen LogP contribution in [0.5, 0.6) is 0 Å². The number of amides is 1. The maximum absolute atomic E-state index is 12.6. The fraction of sp³-hybridized carbons (Fsp3) is 0.261. The number of aryl methyl sites for hydroxylation is 1. The van der Waals surface area contributed by atoms with Crippen molar-refractivity contribution in [2.75, 3.05) is 7.05 Å². The van der Waals surface area contributed by atoms with E-state index in [0.717, 1.165) is 35.1 Å². The van der Waals surface area contributed by atoms with Gasteiger partial charge in [-0.3, -0.25) is 4.79 Å². The molecule has 1 unspecified atom stereocenters. The van der Waals surface area contributed by atoms with Gasteiger partial charge in [-0.1, -0.05) is 36.4 Å². The van der Waals surface area contributed by atoms with Crippen molar-refractivity contribution in [1.29, 1.82) is 0 Å². The predicted octanol–water partition coefficient (Wildman–Crippen LogP) is 5.46. The van der Waals surface area contributed by atoms with Crippen LogP contribution in [0.1, 0.15) is 37.1 Å². The summed E-state index contributed by atoms with van der Waals surface area (Å²) >= 11 is 0. The average molecular weight is 360 g/mol. The minimum absolute atomic E-state index is 0.0852. The van der Waals surface area contributed by atoms with E-state index in [9.17, 15) is 4.79 Å². The summed E-state index contributed by atoms with van der Waals surface area (Å²) in [7, 11) is 1.85. The van der Waals surface area contributed by atoms with Crippen molar-refractivity contribution in [3.8, 4) is 0 Å². The Bertz CT molecular complexity index is 1040. The molecule has 138 valence electrons. The molecule has 27 heavy (non-hydrogen) atoms. The standard InChI is InChI=1S/C23H24N2O2/c1-16(22-14-17-8-3-6-12-21(17)27-22)25(2)23(26)13-7-9-18-15-24-20-11-5-4-10-19(18)20/h3-6,8,10-12,14-16,24H,7,9,13H2,1-2H3. The number of fused-ring (bicyclic) bond motifs is 2. The Kier molecular flexibility index (Phi) is 4.71. The van der Waals surface area contributed by atoms with Gasteiger partial charge in [0.1, 0.15) is 11.3 Å². The lowest BCUT2D eigenvalue weighted by molar-refractivity contribution is -0.132. The molecule has 0 saturated heterocycles. The molecule has 0 aliphatic carbocycles. The number of benzene rings is 2. The fourth-order valence-corrected chi connectivity index (χ4v) is 3.56. The van der Waals surface area contributed by atoms with E-state index < -0.39 is 0 Å². The van der Waals surface area contributed by atoms with Crippen LogP contribution in [0.3, 0.4) is 0 Å². The first-order valence-corrected chi connectivity index (χ1v) is 9.42. The van der Waals surface area contributed by atoms with Crippen molar-refractivity contribution in [3.63, 3.8) is 0 Å². The average Bonchev–Trinajstić information content (AvgIpc) is 3.31. The van der Waals surface area contributed by atoms with Gasteiger partial charge in [0, 0.05) is 36.0 Å². The van der Waals surface area contributed by atoms with Crippen LogP contribution in [-0.4, -0.2) is 22.8 Å². The van der Waals surface area contributed by atoms with Crippen LogP contribution in [0.15, 0.2) is 65.2 Å². The SMILES string of the molecule is CC(c1cc2ccccc2o1)N(C)C(=O)CCCc1c[nH]c2ccccc12. The number of nitrogens with one attached hydrogen (secondary N) is 1. The number of rotatable bonds is 6. The van der Waals surface area contributed by atoms with Gasteiger partial charge < -0.3 is 14.3 Å². The highest BCUT2D eigenvalue weighted by atomic mass is 16.3. The van der Waals surface area contributed by atoms with Crippen LogP contribution >= 0.6 is 0 Å². The molecule has 0 radical (unpaired) electrons. The monoisotopic (exact) mass is 360 g/mol. The van der Waals surface area contributed by atoms with Crippen LogP contribution in [0.4, 0.5) is 0 Å². The first-order chi connectivity index (χ1) is 13.1. The number of carbonyl (C=O) groups excluding carboxylic acids is 1. The lowest BCUT2D eigenvalue weighted by Gasteiger charge is -2.23. The van der Waals surface area contributed by atoms with Crippen LogP contribution in [0.25, 0.3) is 21.9 Å². The maximum Gasteiger partial charge on any atom is 0.222 e. The quantitative estimate of drug-likeness (QED) is 0.496. The molecule has 4 rings (SSSR count). The Balaban J connectivity index is 1.37. The smallest absolute Gasteiger partial charge is 0.222 e. The van der Waals surface area contributed by atoms with Crippen molar-refractivity contribution < 1.29 is 9.21 Å². The molecule has 1 amide bonds. The van der Waals surface area contributed by atoms with E-state index in [-0.39, 0.29) is 11.9 Å². The van der Waals surface area contributed by atoms with Crippen molar-refractivity contribution in [3.05, 3.63) is 72.1 Å². The third kappa shape index (κ3) is 3.47. The van der Waals surface area contributed by atoms with Gasteiger partial charge in [0.25, 0.3) is 0 Å². The highest BCUT2D eigenvalue weighted by Crippen LogP contribution is 2.27. The minimum Gasteiger partial charge on any atom is -0.459 e. The summed E-state index contributed by atoms with van der Waals surface area (Å²) in [5.74, 6) is 0.964. The molecule has 0 fully saturated rings. The molecule has 0 aliphatic rings. The molecule has 2 aromatic heterocycles. The topological polar surface area (TPSA) is 49.2 Å². The Morgan fingerprint density at radius 2 is 1.93 bits per heavy atom. The van der Waals surface area contributed by atoms with E-state index in [0.29, 0.717) is 6.42 Å². The fourth-order valence-electron chi connectivity index (χ4n) is 3.56. The molecule has 2 aromatic carbocycles. The van der Waals surface area contributed by atoms with Crippen LogP contribution < -0.4 is 0 Å². The van der Waals surface area contributed by atoms with E-state index in [4.69, 9.17) is 4.42 Å². The molecule has 2 heterocycles. The van der Waals surface area contributed by atoms with Gasteiger partial charge in [-0.05, 0) is 43.5 Å². The number of para-hydroxylation sites is 2. The van der Waals surface area contributed by atoms with Crippen molar-refractivity contribution in [1.82, 2.24) is 9.88 Å². The first kappa shape index (κ1) is 17.4. The summed E-state index contributed by atoms with van der Waals surface area (Å²) in [5, 5.41) is 2.31. The Labute approximate surface area is 158 Å². The Morgan fingerprint density at radius 1 is 1.15 bits per heavy atom. The summed E-state index contributed by atoms with van der Waals surface area (Å²) in [5.41, 5.74) is 3.28. The van der Waals surface area contributed by atoms with Gasteiger partial charge in [0.15, 0.2) is 0 Å². The molecule has 4 nitrogen and oxygen atoms in total. The van der Waals surface area contributed by atoms with Crippen molar-refractivity contribution in [2.24, 2.45) is 0 Å². The Morgan fingerprint density at radius 3 is 2.78 bits per heavy atom. The number of nitrogens with zero attached hydrogens (tertiary/aromatic N) is 1. The minimum atomic E-state index is -0.0852. The maximum atomic E-state index is 12.6. The van der Waals surface area contributed by atoms with Gasteiger partial charge in [-0.15, -0.1) is 0 Å². The van der Waals surface area contributed by atoms with E-state index in [1.165, 1.54) is 10.9 Å². The highest BCUT2D eigenvalue weighted by Gasteiger charge is 2.20. The van der Waals surface area contributed by atoms with Gasteiger partial charge in [0.2, 0.25) is 5.91 Å². The number of aromatic amines is 1. The zero-order valence-corrected chi connectivity index (χ0v) is 15.7. The number of hydrogen-bond donors (Lipinski definition) is 1. The number of aromatic nitrogens is 1. The molecular formula is C23H24N2O2. The molecular weight excluding hydrogens is 336 g/mol. The lowest BCUT2D eigenvalue weighted by Crippen LogP contribution is -2.29. The molecule has 0 aliphatic heterocycles. The second-order valence-corrected chi connectivity index (χ2v) is 7.08. The van der Waals surface area contributed by atoms with Crippen LogP contribution in [0.2, 0.25) is 0 Å².